The lowest BCUT2D eigenvalue weighted by molar-refractivity contribution is 0.249. The zero-order valence-corrected chi connectivity index (χ0v) is 12.9. The third-order valence-electron chi connectivity index (χ3n) is 3.36. The van der Waals surface area contributed by atoms with Crippen LogP contribution in [-0.4, -0.2) is 18.2 Å². The van der Waals surface area contributed by atoms with Crippen molar-refractivity contribution in [2.45, 2.75) is 19.9 Å². The van der Waals surface area contributed by atoms with Crippen molar-refractivity contribution in [1.29, 1.82) is 0 Å². The monoisotopic (exact) mass is 300 g/mol. The molecular formula is C17H20N2O3. The molecule has 2 aromatic carbocycles. The Morgan fingerprint density at radius 3 is 2.50 bits per heavy atom. The van der Waals surface area contributed by atoms with Crippen LogP contribution in [0.15, 0.2) is 42.5 Å². The van der Waals surface area contributed by atoms with Crippen molar-refractivity contribution in [2.24, 2.45) is 0 Å². The summed E-state index contributed by atoms with van der Waals surface area (Å²) < 4.78 is 5.13. The molecule has 22 heavy (non-hydrogen) atoms. The minimum Gasteiger partial charge on any atom is -0.508 e. The van der Waals surface area contributed by atoms with Crippen molar-refractivity contribution < 1.29 is 14.6 Å². The second-order valence-electron chi connectivity index (χ2n) is 5.11. The first-order valence-electron chi connectivity index (χ1n) is 7.00. The summed E-state index contributed by atoms with van der Waals surface area (Å²) in [5, 5.41) is 15.4. The molecule has 1 unspecified atom stereocenters. The van der Waals surface area contributed by atoms with E-state index in [-0.39, 0.29) is 17.8 Å². The van der Waals surface area contributed by atoms with Crippen LogP contribution in [0.2, 0.25) is 0 Å². The molecule has 0 fully saturated rings. The van der Waals surface area contributed by atoms with E-state index in [4.69, 9.17) is 4.74 Å². The molecule has 5 heteroatoms. The molecule has 3 N–H and O–H groups in total. The predicted molar refractivity (Wildman–Crippen MR) is 86.4 cm³/mol. The van der Waals surface area contributed by atoms with E-state index >= 15 is 0 Å². The number of carbonyl (C=O) groups is 1. The van der Waals surface area contributed by atoms with E-state index in [1.54, 1.807) is 32.2 Å². The molecule has 0 aromatic heterocycles. The van der Waals surface area contributed by atoms with Crippen molar-refractivity contribution in [3.05, 3.63) is 53.6 Å². The maximum Gasteiger partial charge on any atom is 0.319 e. The number of benzene rings is 2. The average molecular weight is 300 g/mol. The second-order valence-corrected chi connectivity index (χ2v) is 5.11. The molecule has 5 nitrogen and oxygen atoms in total. The number of methoxy groups -OCH3 is 1. The highest BCUT2D eigenvalue weighted by Gasteiger charge is 2.14. The van der Waals surface area contributed by atoms with Crippen molar-refractivity contribution >= 4 is 11.7 Å². The number of anilines is 1. The minimum atomic E-state index is -0.361. The van der Waals surface area contributed by atoms with Gasteiger partial charge in [-0.3, -0.25) is 0 Å². The van der Waals surface area contributed by atoms with Crippen molar-refractivity contribution in [2.75, 3.05) is 12.4 Å². The van der Waals surface area contributed by atoms with Gasteiger partial charge < -0.3 is 20.5 Å². The van der Waals surface area contributed by atoms with E-state index in [0.29, 0.717) is 17.0 Å². The van der Waals surface area contributed by atoms with Gasteiger partial charge in [0.25, 0.3) is 0 Å². The number of hydrogen-bond donors (Lipinski definition) is 3. The number of rotatable bonds is 4. The topological polar surface area (TPSA) is 70.6 Å². The summed E-state index contributed by atoms with van der Waals surface area (Å²) >= 11 is 0. The fraction of sp³-hybridized carbons (Fsp3) is 0.235. The first kappa shape index (κ1) is 15.7. The van der Waals surface area contributed by atoms with Gasteiger partial charge in [-0.15, -0.1) is 0 Å². The molecule has 0 aliphatic carbocycles. The number of urea groups is 1. The van der Waals surface area contributed by atoms with Gasteiger partial charge in [0, 0.05) is 11.3 Å². The number of aromatic hydroxyl groups is 1. The third kappa shape index (κ3) is 3.91. The quantitative estimate of drug-likeness (QED) is 0.808. The Bertz CT molecular complexity index is 653. The van der Waals surface area contributed by atoms with E-state index < -0.39 is 0 Å². The van der Waals surface area contributed by atoms with Crippen LogP contribution in [0, 0.1) is 6.92 Å². The van der Waals surface area contributed by atoms with Gasteiger partial charge in [-0.2, -0.15) is 0 Å². The Morgan fingerprint density at radius 2 is 1.86 bits per heavy atom. The summed E-state index contributed by atoms with van der Waals surface area (Å²) in [5.74, 6) is 0.740. The predicted octanol–water partition coefficient (Wildman–Crippen LogP) is 3.59. The average Bonchev–Trinajstić information content (AvgIpc) is 2.50. The molecule has 0 bridgehead atoms. The van der Waals surface area contributed by atoms with Crippen LogP contribution in [0.25, 0.3) is 0 Å². The number of hydrogen-bond acceptors (Lipinski definition) is 3. The molecule has 0 spiro atoms. The van der Waals surface area contributed by atoms with Gasteiger partial charge in [-0.05, 0) is 44.2 Å². The molecule has 2 amide bonds. The largest absolute Gasteiger partial charge is 0.508 e. The van der Waals surface area contributed by atoms with Gasteiger partial charge in [-0.1, -0.05) is 17.7 Å². The Labute approximate surface area is 129 Å². The second kappa shape index (κ2) is 6.85. The van der Waals surface area contributed by atoms with Gasteiger partial charge in [0.2, 0.25) is 0 Å². The fourth-order valence-electron chi connectivity index (χ4n) is 2.08. The molecule has 2 aromatic rings. The number of carbonyl (C=O) groups excluding carboxylic acids is 1. The molecule has 0 radical (unpaired) electrons. The number of ether oxygens (including phenoxy) is 1. The minimum absolute atomic E-state index is 0.115. The molecule has 1 atom stereocenters. The van der Waals surface area contributed by atoms with Gasteiger partial charge in [-0.25, -0.2) is 4.79 Å². The molecule has 0 heterocycles. The summed E-state index contributed by atoms with van der Waals surface area (Å²) in [4.78, 5) is 12.0. The Morgan fingerprint density at radius 1 is 1.18 bits per heavy atom. The molecule has 0 saturated heterocycles. The molecule has 0 saturated carbocycles. The smallest absolute Gasteiger partial charge is 0.319 e. The number of aryl methyl sites for hydroxylation is 1. The van der Waals surface area contributed by atoms with Crippen LogP contribution in [0.1, 0.15) is 24.1 Å². The number of phenolic OH excluding ortho intramolecular Hbond substituents is 1. The van der Waals surface area contributed by atoms with Crippen LogP contribution in [0.5, 0.6) is 11.5 Å². The first-order chi connectivity index (χ1) is 10.5. The standard InChI is InChI=1S/C17H20N2O3/c1-11-4-6-13(7-5-11)19-17(21)18-12(2)15-10-14(22-3)8-9-16(15)20/h4-10,12,20H,1-3H3,(H2,18,19,21). The zero-order valence-electron chi connectivity index (χ0n) is 12.9. The van der Waals surface area contributed by atoms with Crippen molar-refractivity contribution in [3.8, 4) is 11.5 Å². The summed E-state index contributed by atoms with van der Waals surface area (Å²) in [7, 11) is 1.55. The van der Waals surface area contributed by atoms with E-state index in [1.807, 2.05) is 31.2 Å². The highest BCUT2D eigenvalue weighted by molar-refractivity contribution is 5.89. The van der Waals surface area contributed by atoms with E-state index in [9.17, 15) is 9.90 Å². The number of amides is 2. The van der Waals surface area contributed by atoms with Gasteiger partial charge in [0.15, 0.2) is 0 Å². The fourth-order valence-corrected chi connectivity index (χ4v) is 2.08. The van der Waals surface area contributed by atoms with Crippen LogP contribution in [-0.2, 0) is 0 Å². The maximum atomic E-state index is 12.0. The SMILES string of the molecule is COc1ccc(O)c(C(C)NC(=O)Nc2ccc(C)cc2)c1. The Kier molecular flexibility index (Phi) is 4.88. The third-order valence-corrected chi connectivity index (χ3v) is 3.36. The van der Waals surface area contributed by atoms with Crippen molar-refractivity contribution in [3.63, 3.8) is 0 Å². The molecule has 116 valence electrons. The lowest BCUT2D eigenvalue weighted by atomic mass is 10.1. The van der Waals surface area contributed by atoms with E-state index in [0.717, 1.165) is 5.56 Å². The summed E-state index contributed by atoms with van der Waals surface area (Å²) in [6.07, 6.45) is 0. The van der Waals surface area contributed by atoms with Crippen LogP contribution in [0.3, 0.4) is 0 Å². The normalized spacial score (nSPS) is 11.6. The zero-order chi connectivity index (χ0) is 16.1. The highest BCUT2D eigenvalue weighted by atomic mass is 16.5. The maximum absolute atomic E-state index is 12.0. The van der Waals surface area contributed by atoms with Gasteiger partial charge >= 0.3 is 6.03 Å². The van der Waals surface area contributed by atoms with Gasteiger partial charge in [0.05, 0.1) is 13.2 Å². The van der Waals surface area contributed by atoms with Crippen LogP contribution >= 0.6 is 0 Å². The Balaban J connectivity index is 2.03. The molecular weight excluding hydrogens is 280 g/mol. The van der Waals surface area contributed by atoms with Crippen molar-refractivity contribution in [1.82, 2.24) is 5.32 Å². The highest BCUT2D eigenvalue weighted by Crippen LogP contribution is 2.28. The molecule has 2 rings (SSSR count). The van der Waals surface area contributed by atoms with E-state index in [2.05, 4.69) is 10.6 Å². The summed E-state index contributed by atoms with van der Waals surface area (Å²) in [6.45, 7) is 3.78. The van der Waals surface area contributed by atoms with E-state index in [1.165, 1.54) is 0 Å². The van der Waals surface area contributed by atoms with Gasteiger partial charge in [0.1, 0.15) is 11.5 Å². The Hall–Kier alpha value is -2.69. The van der Waals surface area contributed by atoms with Crippen LogP contribution in [0.4, 0.5) is 10.5 Å². The molecule has 0 aliphatic rings. The van der Waals surface area contributed by atoms with Crippen LogP contribution < -0.4 is 15.4 Å². The first-order valence-corrected chi connectivity index (χ1v) is 7.00. The summed E-state index contributed by atoms with van der Waals surface area (Å²) in [6, 6.07) is 11.7. The lowest BCUT2D eigenvalue weighted by Crippen LogP contribution is -2.31. The lowest BCUT2D eigenvalue weighted by Gasteiger charge is -2.17. The molecule has 0 aliphatic heterocycles. The summed E-state index contributed by atoms with van der Waals surface area (Å²) in [5.41, 5.74) is 2.43. The number of nitrogens with one attached hydrogen (secondary N) is 2. The number of phenols is 1.